The number of anilines is 1. The van der Waals surface area contributed by atoms with Crippen LogP contribution in [0.2, 0.25) is 0 Å². The number of rotatable bonds is 6. The number of urea groups is 1. The number of aryl methyl sites for hydroxylation is 1. The van der Waals surface area contributed by atoms with Gasteiger partial charge in [-0.05, 0) is 31.6 Å². The van der Waals surface area contributed by atoms with E-state index in [1.165, 1.54) is 22.5 Å². The van der Waals surface area contributed by atoms with Gasteiger partial charge in [0.2, 0.25) is 5.13 Å². The van der Waals surface area contributed by atoms with E-state index in [2.05, 4.69) is 56.9 Å². The molecule has 2 aromatic rings. The molecule has 1 aromatic heterocycles. The Balaban J connectivity index is 1.95. The zero-order valence-corrected chi connectivity index (χ0v) is 13.9. The molecule has 1 atom stereocenters. The van der Waals surface area contributed by atoms with Crippen LogP contribution in [0.1, 0.15) is 24.1 Å². The Hall–Kier alpha value is -1.99. The molecular weight excluding hydrogens is 298 g/mol. The monoisotopic (exact) mass is 319 g/mol. The lowest BCUT2D eigenvalue weighted by Crippen LogP contribution is -2.36. The van der Waals surface area contributed by atoms with Crippen LogP contribution in [-0.2, 0) is 6.42 Å². The first-order chi connectivity index (χ1) is 10.6. The molecule has 0 aliphatic heterocycles. The lowest BCUT2D eigenvalue weighted by Gasteiger charge is -2.25. The van der Waals surface area contributed by atoms with Gasteiger partial charge < -0.3 is 10.2 Å². The molecule has 0 fully saturated rings. The highest BCUT2D eigenvalue weighted by Crippen LogP contribution is 2.18. The quantitative estimate of drug-likeness (QED) is 0.858. The van der Waals surface area contributed by atoms with Crippen LogP contribution in [0.4, 0.5) is 9.93 Å². The van der Waals surface area contributed by atoms with Crippen molar-refractivity contribution in [3.63, 3.8) is 0 Å². The van der Waals surface area contributed by atoms with Crippen LogP contribution in [0.5, 0.6) is 0 Å². The number of aromatic nitrogens is 2. The zero-order valence-electron chi connectivity index (χ0n) is 13.0. The summed E-state index contributed by atoms with van der Waals surface area (Å²) >= 11 is 1.29. The van der Waals surface area contributed by atoms with Crippen LogP contribution in [0.3, 0.4) is 0 Å². The Bertz CT molecular complexity index is 582. The van der Waals surface area contributed by atoms with Crippen molar-refractivity contribution in [2.75, 3.05) is 26.0 Å². The minimum absolute atomic E-state index is 0.117. The minimum atomic E-state index is -0.270. The average molecular weight is 319 g/mol. The third-order valence-corrected chi connectivity index (χ3v) is 4.04. The number of nitrogens with one attached hydrogen (secondary N) is 2. The standard InChI is InChI=1S/C15H21N5OS/c1-4-11-5-7-12(8-6-11)13(20(2)3)9-16-14(21)18-15-19-17-10-22-15/h5-8,10,13H,4,9H2,1-3H3,(H2,16,18,19,21)/t13-/m0/s1. The van der Waals surface area contributed by atoms with Crippen LogP contribution < -0.4 is 10.6 Å². The van der Waals surface area contributed by atoms with Gasteiger partial charge in [0.05, 0.1) is 6.04 Å². The molecule has 1 heterocycles. The first-order valence-corrected chi connectivity index (χ1v) is 8.04. The predicted octanol–water partition coefficient (Wildman–Crippen LogP) is 2.52. The maximum atomic E-state index is 11.9. The molecule has 0 radical (unpaired) electrons. The summed E-state index contributed by atoms with van der Waals surface area (Å²) in [5.41, 5.74) is 4.06. The number of hydrogen-bond acceptors (Lipinski definition) is 5. The Labute approximate surface area is 134 Å². The highest BCUT2D eigenvalue weighted by atomic mass is 32.1. The lowest BCUT2D eigenvalue weighted by molar-refractivity contribution is 0.243. The van der Waals surface area contributed by atoms with E-state index >= 15 is 0 Å². The normalized spacial score (nSPS) is 12.2. The van der Waals surface area contributed by atoms with Gasteiger partial charge in [-0.15, -0.1) is 10.2 Å². The smallest absolute Gasteiger partial charge is 0.321 e. The van der Waals surface area contributed by atoms with Gasteiger partial charge >= 0.3 is 6.03 Å². The topological polar surface area (TPSA) is 70.1 Å². The molecule has 0 bridgehead atoms. The van der Waals surface area contributed by atoms with E-state index in [1.54, 1.807) is 5.51 Å². The molecule has 0 unspecified atom stereocenters. The summed E-state index contributed by atoms with van der Waals surface area (Å²) in [4.78, 5) is 14.0. The van der Waals surface area contributed by atoms with E-state index in [4.69, 9.17) is 0 Å². The van der Waals surface area contributed by atoms with Crippen molar-refractivity contribution in [2.24, 2.45) is 0 Å². The molecule has 22 heavy (non-hydrogen) atoms. The molecule has 2 amide bonds. The summed E-state index contributed by atoms with van der Waals surface area (Å²) in [7, 11) is 4.01. The first-order valence-electron chi connectivity index (χ1n) is 7.16. The second-order valence-corrected chi connectivity index (χ2v) is 5.99. The molecule has 7 heteroatoms. The van der Waals surface area contributed by atoms with Gasteiger partial charge in [0.25, 0.3) is 0 Å². The van der Waals surface area contributed by atoms with E-state index < -0.39 is 0 Å². The largest absolute Gasteiger partial charge is 0.336 e. The summed E-state index contributed by atoms with van der Waals surface area (Å²) in [5, 5.41) is 13.5. The third-order valence-electron chi connectivity index (χ3n) is 3.43. The number of nitrogens with zero attached hydrogens (tertiary/aromatic N) is 3. The summed E-state index contributed by atoms with van der Waals surface area (Å²) in [6, 6.07) is 8.35. The van der Waals surface area contributed by atoms with Crippen molar-refractivity contribution in [1.82, 2.24) is 20.4 Å². The summed E-state index contributed by atoms with van der Waals surface area (Å²) in [5.74, 6) is 0. The maximum absolute atomic E-state index is 11.9. The van der Waals surface area contributed by atoms with Crippen molar-refractivity contribution in [1.29, 1.82) is 0 Å². The van der Waals surface area contributed by atoms with Crippen molar-refractivity contribution < 1.29 is 4.79 Å². The zero-order chi connectivity index (χ0) is 15.9. The number of carbonyl (C=O) groups is 1. The van der Waals surface area contributed by atoms with Crippen molar-refractivity contribution >= 4 is 22.5 Å². The summed E-state index contributed by atoms with van der Waals surface area (Å²) < 4.78 is 0. The third kappa shape index (κ3) is 4.51. The average Bonchev–Trinajstić information content (AvgIpc) is 3.00. The fourth-order valence-corrected chi connectivity index (χ4v) is 2.57. The van der Waals surface area contributed by atoms with Crippen molar-refractivity contribution in [2.45, 2.75) is 19.4 Å². The molecule has 0 saturated carbocycles. The first kappa shape index (κ1) is 16.4. The minimum Gasteiger partial charge on any atom is -0.336 e. The highest BCUT2D eigenvalue weighted by molar-refractivity contribution is 7.13. The molecular formula is C15H21N5OS. The van der Waals surface area contributed by atoms with Crippen molar-refractivity contribution in [3.8, 4) is 0 Å². The molecule has 2 N–H and O–H groups in total. The highest BCUT2D eigenvalue weighted by Gasteiger charge is 2.15. The van der Waals surface area contributed by atoms with Crippen molar-refractivity contribution in [3.05, 3.63) is 40.9 Å². The van der Waals surface area contributed by atoms with Gasteiger partial charge in [-0.2, -0.15) is 0 Å². The van der Waals surface area contributed by atoms with Gasteiger partial charge in [0.1, 0.15) is 5.51 Å². The molecule has 0 spiro atoms. The molecule has 1 aromatic carbocycles. The lowest BCUT2D eigenvalue weighted by atomic mass is 10.0. The van der Waals surface area contributed by atoms with E-state index in [9.17, 15) is 4.79 Å². The molecule has 0 aliphatic carbocycles. The number of carbonyl (C=O) groups excluding carboxylic acids is 1. The van der Waals surface area contributed by atoms with Gasteiger partial charge in [0, 0.05) is 6.54 Å². The number of likely N-dealkylation sites (N-methyl/N-ethyl adjacent to an activating group) is 1. The van der Waals surface area contributed by atoms with Crippen LogP contribution in [0.25, 0.3) is 0 Å². The van der Waals surface area contributed by atoms with Crippen LogP contribution in [0, 0.1) is 0 Å². The Morgan fingerprint density at radius 3 is 2.59 bits per heavy atom. The fourth-order valence-electron chi connectivity index (χ4n) is 2.13. The number of amides is 2. The Morgan fingerprint density at radius 1 is 1.32 bits per heavy atom. The summed E-state index contributed by atoms with van der Waals surface area (Å²) in [6.45, 7) is 2.65. The van der Waals surface area contributed by atoms with Gasteiger partial charge in [0.15, 0.2) is 0 Å². The van der Waals surface area contributed by atoms with E-state index in [0.29, 0.717) is 11.7 Å². The van der Waals surface area contributed by atoms with Gasteiger partial charge in [-0.25, -0.2) is 4.79 Å². The molecule has 6 nitrogen and oxygen atoms in total. The second kappa shape index (κ2) is 7.86. The number of hydrogen-bond donors (Lipinski definition) is 2. The summed E-state index contributed by atoms with van der Waals surface area (Å²) in [6.07, 6.45) is 1.02. The van der Waals surface area contributed by atoms with Gasteiger partial charge in [-0.3, -0.25) is 5.32 Å². The Morgan fingerprint density at radius 2 is 2.05 bits per heavy atom. The molecule has 0 aliphatic rings. The van der Waals surface area contributed by atoms with E-state index in [-0.39, 0.29) is 12.1 Å². The SMILES string of the molecule is CCc1ccc([C@H](CNC(=O)Nc2nncs2)N(C)C)cc1. The molecule has 0 saturated heterocycles. The van der Waals surface area contributed by atoms with Gasteiger partial charge in [-0.1, -0.05) is 42.5 Å². The molecule has 2 rings (SSSR count). The second-order valence-electron chi connectivity index (χ2n) is 5.15. The van der Waals surface area contributed by atoms with Crippen LogP contribution in [0.15, 0.2) is 29.8 Å². The predicted molar refractivity (Wildman–Crippen MR) is 89.2 cm³/mol. The van der Waals surface area contributed by atoms with E-state index in [1.807, 2.05) is 14.1 Å². The number of benzene rings is 1. The van der Waals surface area contributed by atoms with Crippen LogP contribution in [-0.4, -0.2) is 41.8 Å². The van der Waals surface area contributed by atoms with Crippen LogP contribution >= 0.6 is 11.3 Å². The molecule has 118 valence electrons. The maximum Gasteiger partial charge on any atom is 0.321 e. The Kier molecular flexibility index (Phi) is 5.85. The fraction of sp³-hybridized carbons (Fsp3) is 0.400. The van der Waals surface area contributed by atoms with E-state index in [0.717, 1.165) is 6.42 Å².